The third-order valence-electron chi connectivity index (χ3n) is 2.95. The molecule has 0 aliphatic heterocycles. The average Bonchev–Trinajstić information content (AvgIpc) is 2.52. The molecule has 6 heteroatoms. The molecular weight excluding hydrogens is 335 g/mol. The van der Waals surface area contributed by atoms with Crippen molar-refractivity contribution in [3.8, 4) is 0 Å². The highest BCUT2D eigenvalue weighted by atomic mass is 35.5. The molecule has 0 atom stereocenters. The summed E-state index contributed by atoms with van der Waals surface area (Å²) in [5.41, 5.74) is 1.06. The van der Waals surface area contributed by atoms with E-state index in [0.29, 0.717) is 33.4 Å². The quantitative estimate of drug-likeness (QED) is 0.797. The molecule has 2 aromatic rings. The second-order valence-corrected chi connectivity index (χ2v) is 5.53. The van der Waals surface area contributed by atoms with E-state index in [9.17, 15) is 9.59 Å². The van der Waals surface area contributed by atoms with E-state index in [2.05, 4.69) is 17.2 Å². The number of hydrogen-bond donors (Lipinski definition) is 2. The average molecular weight is 349 g/mol. The van der Waals surface area contributed by atoms with Crippen LogP contribution >= 0.6 is 23.2 Å². The van der Waals surface area contributed by atoms with Crippen LogP contribution in [0.3, 0.4) is 0 Å². The molecule has 0 fully saturated rings. The maximum Gasteiger partial charge on any atom is 0.255 e. The Morgan fingerprint density at radius 2 is 1.70 bits per heavy atom. The number of carbonyl (C=O) groups is 2. The number of nitrogens with one attached hydrogen (secondary N) is 2. The summed E-state index contributed by atoms with van der Waals surface area (Å²) < 4.78 is 0. The van der Waals surface area contributed by atoms with E-state index in [4.69, 9.17) is 23.2 Å². The minimum atomic E-state index is -0.404. The van der Waals surface area contributed by atoms with Crippen molar-refractivity contribution in [1.29, 1.82) is 0 Å². The van der Waals surface area contributed by atoms with Crippen molar-refractivity contribution >= 4 is 40.7 Å². The van der Waals surface area contributed by atoms with Crippen LogP contribution in [0, 0.1) is 0 Å². The first-order valence-electron chi connectivity index (χ1n) is 6.77. The Bertz CT molecular complexity index is 740. The van der Waals surface area contributed by atoms with E-state index >= 15 is 0 Å². The summed E-state index contributed by atoms with van der Waals surface area (Å²) in [5, 5.41) is 6.09. The number of benzene rings is 2. The van der Waals surface area contributed by atoms with E-state index in [1.165, 1.54) is 18.2 Å². The maximum absolute atomic E-state index is 12.3. The molecule has 0 bridgehead atoms. The van der Waals surface area contributed by atoms with E-state index in [1.54, 1.807) is 30.3 Å². The van der Waals surface area contributed by atoms with E-state index < -0.39 is 5.91 Å². The highest BCUT2D eigenvalue weighted by Crippen LogP contribution is 2.21. The summed E-state index contributed by atoms with van der Waals surface area (Å²) in [6.07, 6.45) is 1.58. The molecule has 0 aliphatic rings. The largest absolute Gasteiger partial charge is 0.349 e. The normalized spacial score (nSPS) is 10.0. The number of para-hydroxylation sites is 1. The lowest BCUT2D eigenvalue weighted by molar-refractivity contribution is 0.0959. The smallest absolute Gasteiger partial charge is 0.255 e. The number of anilines is 1. The molecule has 0 saturated heterocycles. The van der Waals surface area contributed by atoms with Gasteiger partial charge in [-0.15, -0.1) is 6.58 Å². The molecule has 0 saturated carbocycles. The molecule has 23 heavy (non-hydrogen) atoms. The molecule has 0 heterocycles. The minimum Gasteiger partial charge on any atom is -0.349 e. The van der Waals surface area contributed by atoms with Crippen LogP contribution in [0.4, 0.5) is 5.69 Å². The molecule has 2 N–H and O–H groups in total. The van der Waals surface area contributed by atoms with Gasteiger partial charge in [-0.25, -0.2) is 0 Å². The summed E-state index contributed by atoms with van der Waals surface area (Å²) in [4.78, 5) is 24.4. The summed E-state index contributed by atoms with van der Waals surface area (Å²) >= 11 is 11.8. The molecule has 2 aromatic carbocycles. The molecule has 118 valence electrons. The van der Waals surface area contributed by atoms with Crippen LogP contribution in [-0.4, -0.2) is 18.4 Å². The topological polar surface area (TPSA) is 58.2 Å². The highest BCUT2D eigenvalue weighted by molar-refractivity contribution is 6.35. The molecule has 0 aromatic heterocycles. The lowest BCUT2D eigenvalue weighted by Gasteiger charge is -2.11. The molecule has 2 amide bonds. The number of amides is 2. The Balaban J connectivity index is 2.24. The number of rotatable bonds is 5. The first-order chi connectivity index (χ1) is 11.0. The zero-order valence-corrected chi connectivity index (χ0v) is 13.6. The van der Waals surface area contributed by atoms with E-state index in [0.717, 1.165) is 0 Å². The third-order valence-corrected chi connectivity index (χ3v) is 3.39. The number of halogens is 2. The van der Waals surface area contributed by atoms with Crippen molar-refractivity contribution in [3.05, 3.63) is 76.3 Å². The fourth-order valence-electron chi connectivity index (χ4n) is 1.93. The van der Waals surface area contributed by atoms with Gasteiger partial charge in [-0.2, -0.15) is 0 Å². The second-order valence-electron chi connectivity index (χ2n) is 4.66. The van der Waals surface area contributed by atoms with Crippen molar-refractivity contribution < 1.29 is 9.59 Å². The lowest BCUT2D eigenvalue weighted by Crippen LogP contribution is -2.25. The van der Waals surface area contributed by atoms with Gasteiger partial charge in [0.2, 0.25) is 0 Å². The predicted octanol–water partition coefficient (Wildman–Crippen LogP) is 4.16. The van der Waals surface area contributed by atoms with Gasteiger partial charge < -0.3 is 10.6 Å². The van der Waals surface area contributed by atoms with Crippen LogP contribution in [-0.2, 0) is 0 Å². The van der Waals surface area contributed by atoms with Gasteiger partial charge in [0.05, 0.1) is 11.3 Å². The fourth-order valence-corrected chi connectivity index (χ4v) is 2.46. The molecule has 0 aliphatic carbocycles. The Morgan fingerprint density at radius 3 is 2.35 bits per heavy atom. The van der Waals surface area contributed by atoms with Crippen molar-refractivity contribution in [3.63, 3.8) is 0 Å². The molecule has 0 spiro atoms. The van der Waals surface area contributed by atoms with Crippen molar-refractivity contribution in [2.24, 2.45) is 0 Å². The summed E-state index contributed by atoms with van der Waals surface area (Å²) in [7, 11) is 0. The van der Waals surface area contributed by atoms with Crippen LogP contribution in [0.25, 0.3) is 0 Å². The van der Waals surface area contributed by atoms with Crippen LogP contribution in [0.2, 0.25) is 10.0 Å². The third kappa shape index (κ3) is 4.58. The fraction of sp³-hybridized carbons (Fsp3) is 0.0588. The predicted molar refractivity (Wildman–Crippen MR) is 93.4 cm³/mol. The highest BCUT2D eigenvalue weighted by Gasteiger charge is 2.14. The van der Waals surface area contributed by atoms with Gasteiger partial charge in [0.15, 0.2) is 0 Å². The van der Waals surface area contributed by atoms with Gasteiger partial charge in [0.25, 0.3) is 11.8 Å². The molecule has 0 radical (unpaired) electrons. The van der Waals surface area contributed by atoms with Crippen molar-refractivity contribution in [1.82, 2.24) is 5.32 Å². The van der Waals surface area contributed by atoms with Gasteiger partial charge in [-0.1, -0.05) is 41.4 Å². The van der Waals surface area contributed by atoms with Crippen LogP contribution in [0.15, 0.2) is 55.1 Å². The first-order valence-corrected chi connectivity index (χ1v) is 7.52. The zero-order chi connectivity index (χ0) is 16.8. The van der Waals surface area contributed by atoms with Crippen LogP contribution in [0.5, 0.6) is 0 Å². The van der Waals surface area contributed by atoms with Crippen molar-refractivity contribution in [2.75, 3.05) is 11.9 Å². The Kier molecular flexibility index (Phi) is 5.79. The molecule has 0 unspecified atom stereocenters. The monoisotopic (exact) mass is 348 g/mol. The Hall–Kier alpha value is -2.30. The van der Waals surface area contributed by atoms with E-state index in [1.807, 2.05) is 0 Å². The van der Waals surface area contributed by atoms with Gasteiger partial charge in [0.1, 0.15) is 0 Å². The van der Waals surface area contributed by atoms with E-state index in [-0.39, 0.29) is 5.91 Å². The standard InChI is InChI=1S/C17H14Cl2N2O2/c1-2-7-20-17(23)14-5-3-4-6-15(14)21-16(22)11-8-12(18)10-13(19)9-11/h2-6,8-10H,1,7H2,(H,20,23)(H,21,22). The maximum atomic E-state index is 12.3. The number of carbonyl (C=O) groups excluding carboxylic acids is 2. The Morgan fingerprint density at radius 1 is 1.04 bits per heavy atom. The molecule has 4 nitrogen and oxygen atoms in total. The first kappa shape index (κ1) is 17.1. The van der Waals surface area contributed by atoms with Gasteiger partial charge in [-0.05, 0) is 30.3 Å². The van der Waals surface area contributed by atoms with Crippen LogP contribution in [0.1, 0.15) is 20.7 Å². The summed E-state index contributed by atoms with van der Waals surface area (Å²) in [5.74, 6) is -0.705. The molecular formula is C17H14Cl2N2O2. The van der Waals surface area contributed by atoms with Crippen molar-refractivity contribution in [2.45, 2.75) is 0 Å². The van der Waals surface area contributed by atoms with Gasteiger partial charge in [-0.3, -0.25) is 9.59 Å². The minimum absolute atomic E-state index is 0.301. The number of hydrogen-bond acceptors (Lipinski definition) is 2. The summed E-state index contributed by atoms with van der Waals surface area (Å²) in [6.45, 7) is 3.88. The van der Waals surface area contributed by atoms with Crippen LogP contribution < -0.4 is 10.6 Å². The zero-order valence-electron chi connectivity index (χ0n) is 12.1. The SMILES string of the molecule is C=CCNC(=O)c1ccccc1NC(=O)c1cc(Cl)cc(Cl)c1. The summed E-state index contributed by atoms with van der Waals surface area (Å²) in [6, 6.07) is 11.3. The van der Waals surface area contributed by atoms with Gasteiger partial charge in [0, 0.05) is 22.2 Å². The lowest BCUT2D eigenvalue weighted by atomic mass is 10.1. The van der Waals surface area contributed by atoms with Gasteiger partial charge >= 0.3 is 0 Å². The second kappa shape index (κ2) is 7.81. The Labute approximate surface area is 144 Å². The molecule has 2 rings (SSSR count).